The monoisotopic (exact) mass is 484 g/mol. The lowest BCUT2D eigenvalue weighted by Gasteiger charge is -2.40. The molecule has 0 bridgehead atoms. The van der Waals surface area contributed by atoms with E-state index in [4.69, 9.17) is 15.1 Å². The van der Waals surface area contributed by atoms with Gasteiger partial charge in [0.25, 0.3) is 0 Å². The minimum Gasteiger partial charge on any atom is -0.464 e. The lowest BCUT2D eigenvalue weighted by atomic mass is 9.77. The maximum atomic E-state index is 13.4. The molecule has 3 aromatic heterocycles. The van der Waals surface area contributed by atoms with E-state index in [0.717, 1.165) is 28.1 Å². The zero-order valence-electron chi connectivity index (χ0n) is 18.1. The molecule has 1 aliphatic heterocycles. The van der Waals surface area contributed by atoms with Crippen LogP contribution in [0.15, 0.2) is 69.7 Å². The molecule has 10 heteroatoms. The van der Waals surface area contributed by atoms with Crippen LogP contribution in [0.4, 0.5) is 13.2 Å². The maximum absolute atomic E-state index is 13.4. The van der Waals surface area contributed by atoms with Crippen LogP contribution in [-0.2, 0) is 16.5 Å². The summed E-state index contributed by atoms with van der Waals surface area (Å²) in [6.45, 7) is 1.84. The van der Waals surface area contributed by atoms with E-state index < -0.39 is 23.2 Å². The van der Waals surface area contributed by atoms with E-state index >= 15 is 0 Å². The van der Waals surface area contributed by atoms with Gasteiger partial charge in [0.2, 0.25) is 5.91 Å². The number of pyridine rings is 1. The van der Waals surface area contributed by atoms with Crippen molar-refractivity contribution in [1.82, 2.24) is 9.88 Å². The van der Waals surface area contributed by atoms with Gasteiger partial charge in [0, 0.05) is 34.5 Å². The number of guanidine groups is 1. The first-order chi connectivity index (χ1) is 16.1. The van der Waals surface area contributed by atoms with Crippen LogP contribution in [0, 0.1) is 0 Å². The molecule has 4 heterocycles. The molecule has 4 aromatic rings. The van der Waals surface area contributed by atoms with Crippen LogP contribution in [0.1, 0.15) is 28.8 Å². The molecule has 0 aliphatic carbocycles. The lowest BCUT2D eigenvalue weighted by Crippen LogP contribution is -2.52. The highest BCUT2D eigenvalue weighted by Crippen LogP contribution is 2.47. The molecule has 34 heavy (non-hydrogen) atoms. The van der Waals surface area contributed by atoms with E-state index in [9.17, 15) is 18.0 Å². The molecule has 1 amide bonds. The number of nitrogens with two attached hydrogens (primary N) is 1. The Kier molecular flexibility index (Phi) is 5.01. The van der Waals surface area contributed by atoms with E-state index in [-0.39, 0.29) is 11.9 Å². The number of nitrogens with zero attached hydrogens (tertiary/aromatic N) is 3. The van der Waals surface area contributed by atoms with Crippen LogP contribution in [0.2, 0.25) is 0 Å². The number of alkyl halides is 3. The third kappa shape index (κ3) is 3.54. The summed E-state index contributed by atoms with van der Waals surface area (Å²) in [6, 6.07) is 11.5. The van der Waals surface area contributed by atoms with Gasteiger partial charge in [0.05, 0.1) is 23.4 Å². The average Bonchev–Trinajstić information content (AvgIpc) is 3.47. The van der Waals surface area contributed by atoms with E-state index in [2.05, 4.69) is 4.98 Å². The van der Waals surface area contributed by atoms with Crippen LogP contribution >= 0.6 is 11.3 Å². The zero-order chi connectivity index (χ0) is 24.3. The van der Waals surface area contributed by atoms with Gasteiger partial charge in [-0.05, 0) is 48.9 Å². The van der Waals surface area contributed by atoms with Gasteiger partial charge in [-0.15, -0.1) is 11.3 Å². The third-order valence-electron chi connectivity index (χ3n) is 6.12. The number of carbonyl (C=O) groups is 1. The van der Waals surface area contributed by atoms with Crippen LogP contribution in [0.5, 0.6) is 0 Å². The number of halogens is 3. The first kappa shape index (κ1) is 22.1. The molecule has 1 aliphatic rings. The summed E-state index contributed by atoms with van der Waals surface area (Å²) >= 11 is 1.35. The van der Waals surface area contributed by atoms with Crippen molar-refractivity contribution < 1.29 is 22.4 Å². The largest absolute Gasteiger partial charge is 0.464 e. The van der Waals surface area contributed by atoms with Gasteiger partial charge in [-0.3, -0.25) is 14.7 Å². The zero-order valence-corrected chi connectivity index (χ0v) is 18.9. The Morgan fingerprint density at radius 2 is 1.97 bits per heavy atom. The van der Waals surface area contributed by atoms with Gasteiger partial charge in [-0.25, -0.2) is 4.99 Å². The first-order valence-corrected chi connectivity index (χ1v) is 11.2. The number of furan rings is 1. The average molecular weight is 485 g/mol. The van der Waals surface area contributed by atoms with Crippen molar-refractivity contribution in [3.63, 3.8) is 0 Å². The Hall–Kier alpha value is -3.66. The van der Waals surface area contributed by atoms with Crippen LogP contribution in [0.3, 0.4) is 0 Å². The summed E-state index contributed by atoms with van der Waals surface area (Å²) in [5.41, 5.74) is 6.75. The standard InChI is InChI=1S/C24H19F3N4O2S/c1-23(19-10-15(12-34-19)17-5-4-16(11-29-17)24(25,26)27)20(21(32)31(2)22(28)30-23)14-3-6-18-13(9-14)7-8-33-18/h3-12,20H,1-2H3,(H2,28,30). The fraction of sp³-hybridized carbons (Fsp3) is 0.208. The molecule has 0 saturated heterocycles. The summed E-state index contributed by atoms with van der Waals surface area (Å²) in [7, 11) is 1.58. The number of aromatic nitrogens is 1. The normalized spacial score (nSPS) is 21.2. The Labute approximate surface area is 196 Å². The molecule has 0 radical (unpaired) electrons. The van der Waals surface area contributed by atoms with E-state index in [1.807, 2.05) is 31.2 Å². The third-order valence-corrected chi connectivity index (χ3v) is 7.28. The quantitative estimate of drug-likeness (QED) is 0.424. The molecule has 0 fully saturated rings. The molecule has 0 saturated carbocycles. The summed E-state index contributed by atoms with van der Waals surface area (Å²) in [5.74, 6) is -0.785. The second kappa shape index (κ2) is 7.69. The summed E-state index contributed by atoms with van der Waals surface area (Å²) in [5, 5.41) is 2.65. The van der Waals surface area contributed by atoms with Gasteiger partial charge in [-0.1, -0.05) is 6.07 Å². The number of hydrogen-bond donors (Lipinski definition) is 1. The topological polar surface area (TPSA) is 84.7 Å². The van der Waals surface area contributed by atoms with Gasteiger partial charge in [-0.2, -0.15) is 13.2 Å². The van der Waals surface area contributed by atoms with Crippen molar-refractivity contribution in [2.75, 3.05) is 7.05 Å². The van der Waals surface area contributed by atoms with Crippen LogP contribution in [0.25, 0.3) is 22.2 Å². The molecular formula is C24H19F3N4O2S. The number of aliphatic imine (C=N–C) groups is 1. The van der Waals surface area contributed by atoms with Crippen molar-refractivity contribution in [3.05, 3.63) is 76.3 Å². The van der Waals surface area contributed by atoms with Crippen molar-refractivity contribution in [2.24, 2.45) is 10.7 Å². The molecule has 0 spiro atoms. The molecule has 2 N–H and O–H groups in total. The Bertz CT molecular complexity index is 1420. The number of carbonyl (C=O) groups excluding carboxylic acids is 1. The highest BCUT2D eigenvalue weighted by Gasteiger charge is 2.48. The van der Waals surface area contributed by atoms with Crippen molar-refractivity contribution >= 4 is 34.2 Å². The molecule has 174 valence electrons. The van der Waals surface area contributed by atoms with Crippen molar-refractivity contribution in [3.8, 4) is 11.3 Å². The van der Waals surface area contributed by atoms with Gasteiger partial charge in [0.1, 0.15) is 11.1 Å². The number of rotatable bonds is 3. The number of amides is 1. The molecule has 5 rings (SSSR count). The molecule has 6 nitrogen and oxygen atoms in total. The van der Waals surface area contributed by atoms with Crippen LogP contribution in [-0.4, -0.2) is 28.8 Å². The van der Waals surface area contributed by atoms with E-state index in [1.54, 1.807) is 24.8 Å². The number of likely N-dealkylation sites (N-methyl/N-ethyl adjacent to an activating group) is 1. The fourth-order valence-corrected chi connectivity index (χ4v) is 5.26. The lowest BCUT2D eigenvalue weighted by molar-refractivity contribution is -0.137. The second-order valence-corrected chi connectivity index (χ2v) is 9.21. The Morgan fingerprint density at radius 3 is 2.68 bits per heavy atom. The fourth-order valence-electron chi connectivity index (χ4n) is 4.22. The number of benzene rings is 1. The SMILES string of the molecule is CN1C(=O)C(c2ccc3occc3c2)C(C)(c2cc(-c3ccc(C(F)(F)F)cn3)cs2)N=C1N. The Morgan fingerprint density at radius 1 is 1.18 bits per heavy atom. The maximum Gasteiger partial charge on any atom is 0.417 e. The van der Waals surface area contributed by atoms with E-state index in [1.165, 1.54) is 22.3 Å². The minimum atomic E-state index is -4.46. The van der Waals surface area contributed by atoms with Crippen molar-refractivity contribution in [2.45, 2.75) is 24.6 Å². The molecule has 2 unspecified atom stereocenters. The van der Waals surface area contributed by atoms with E-state index in [0.29, 0.717) is 16.8 Å². The predicted octanol–water partition coefficient (Wildman–Crippen LogP) is 5.36. The molecule has 1 aromatic carbocycles. The summed E-state index contributed by atoms with van der Waals surface area (Å²) in [6.07, 6.45) is -2.06. The number of hydrogen-bond acceptors (Lipinski definition) is 6. The number of thiophene rings is 1. The van der Waals surface area contributed by atoms with Gasteiger partial charge in [0.15, 0.2) is 5.96 Å². The summed E-state index contributed by atoms with van der Waals surface area (Å²) in [4.78, 5) is 24.2. The predicted molar refractivity (Wildman–Crippen MR) is 123 cm³/mol. The van der Waals surface area contributed by atoms with Gasteiger partial charge < -0.3 is 10.2 Å². The highest BCUT2D eigenvalue weighted by molar-refractivity contribution is 7.10. The van der Waals surface area contributed by atoms with Crippen LogP contribution < -0.4 is 5.73 Å². The van der Waals surface area contributed by atoms with Crippen molar-refractivity contribution in [1.29, 1.82) is 0 Å². The first-order valence-electron chi connectivity index (χ1n) is 10.3. The molecule has 2 atom stereocenters. The Balaban J connectivity index is 1.59. The highest BCUT2D eigenvalue weighted by atomic mass is 32.1. The smallest absolute Gasteiger partial charge is 0.417 e. The number of fused-ring (bicyclic) bond motifs is 1. The van der Waals surface area contributed by atoms with Gasteiger partial charge >= 0.3 is 6.18 Å². The summed E-state index contributed by atoms with van der Waals surface area (Å²) < 4.78 is 44.1. The molecular weight excluding hydrogens is 465 g/mol. The second-order valence-electron chi connectivity index (χ2n) is 8.30. The minimum absolute atomic E-state index is 0.0933.